The van der Waals surface area contributed by atoms with Gasteiger partial charge >= 0.3 is 5.97 Å². The van der Waals surface area contributed by atoms with Crippen molar-refractivity contribution in [1.29, 1.82) is 0 Å². The van der Waals surface area contributed by atoms with Gasteiger partial charge in [0.2, 0.25) is 5.89 Å². The average molecular weight is 248 g/mol. The Bertz CT molecular complexity index is 553. The van der Waals surface area contributed by atoms with Crippen molar-refractivity contribution in [3.05, 3.63) is 35.7 Å². The number of nitrogens with zero attached hydrogens (tertiary/aromatic N) is 3. The topological polar surface area (TPSA) is 101 Å². The Labute approximate surface area is 103 Å². The number of carboxylic acids is 1. The van der Waals surface area contributed by atoms with Crippen molar-refractivity contribution in [3.63, 3.8) is 0 Å². The zero-order valence-electron chi connectivity index (χ0n) is 9.75. The number of carboxylic acid groups (broad SMARTS) is 1. The van der Waals surface area contributed by atoms with Gasteiger partial charge in [-0.05, 0) is 12.1 Å². The molecule has 0 bridgehead atoms. The van der Waals surface area contributed by atoms with Gasteiger partial charge in [-0.1, -0.05) is 5.16 Å². The normalized spacial score (nSPS) is 10.3. The summed E-state index contributed by atoms with van der Waals surface area (Å²) in [6.07, 6.45) is 1.99. The quantitative estimate of drug-likeness (QED) is 0.817. The number of rotatable bonds is 5. The van der Waals surface area contributed by atoms with Gasteiger partial charge in [0.1, 0.15) is 0 Å². The number of aryl methyl sites for hydroxylation is 1. The van der Waals surface area contributed by atoms with E-state index in [9.17, 15) is 4.79 Å². The first kappa shape index (κ1) is 12.0. The summed E-state index contributed by atoms with van der Waals surface area (Å²) in [7, 11) is 0. The highest BCUT2D eigenvalue weighted by Gasteiger charge is 2.10. The van der Waals surface area contributed by atoms with Crippen LogP contribution in [0.5, 0.6) is 0 Å². The SMILES string of the molecule is Cc1nc(CCNc2cccnc2C(=O)O)no1. The molecule has 0 amide bonds. The minimum Gasteiger partial charge on any atom is -0.476 e. The summed E-state index contributed by atoms with van der Waals surface area (Å²) < 4.78 is 4.83. The molecule has 2 heterocycles. The molecule has 18 heavy (non-hydrogen) atoms. The van der Waals surface area contributed by atoms with E-state index >= 15 is 0 Å². The van der Waals surface area contributed by atoms with E-state index in [0.29, 0.717) is 30.4 Å². The molecule has 0 spiro atoms. The van der Waals surface area contributed by atoms with E-state index in [0.717, 1.165) is 0 Å². The molecule has 0 aromatic carbocycles. The molecule has 0 atom stereocenters. The zero-order valence-corrected chi connectivity index (χ0v) is 9.75. The Kier molecular flexibility index (Phi) is 3.52. The summed E-state index contributed by atoms with van der Waals surface area (Å²) in [4.78, 5) is 18.8. The molecule has 2 aromatic heterocycles. The Hall–Kier alpha value is -2.44. The number of aromatic carboxylic acids is 1. The lowest BCUT2D eigenvalue weighted by atomic mass is 10.3. The van der Waals surface area contributed by atoms with Crippen LogP contribution in [0.15, 0.2) is 22.9 Å². The Morgan fingerprint density at radius 1 is 1.56 bits per heavy atom. The second-order valence-corrected chi connectivity index (χ2v) is 3.61. The van der Waals surface area contributed by atoms with Crippen molar-refractivity contribution in [2.24, 2.45) is 0 Å². The molecular formula is C11H12N4O3. The summed E-state index contributed by atoms with van der Waals surface area (Å²) >= 11 is 0. The van der Waals surface area contributed by atoms with Gasteiger partial charge in [-0.15, -0.1) is 0 Å². The molecule has 2 N–H and O–H groups in total. The first-order valence-electron chi connectivity index (χ1n) is 5.38. The monoisotopic (exact) mass is 248 g/mol. The maximum absolute atomic E-state index is 10.9. The zero-order chi connectivity index (χ0) is 13.0. The Balaban J connectivity index is 1.96. The third-order valence-corrected chi connectivity index (χ3v) is 2.24. The molecule has 7 nitrogen and oxygen atoms in total. The van der Waals surface area contributed by atoms with Crippen LogP contribution in [0.4, 0.5) is 5.69 Å². The molecule has 0 fully saturated rings. The number of nitrogens with one attached hydrogen (secondary N) is 1. The van der Waals surface area contributed by atoms with Crippen LogP contribution in [0.2, 0.25) is 0 Å². The predicted octanol–water partition coefficient (Wildman–Crippen LogP) is 1.13. The van der Waals surface area contributed by atoms with Gasteiger partial charge < -0.3 is 14.9 Å². The molecule has 0 aliphatic rings. The van der Waals surface area contributed by atoms with E-state index < -0.39 is 5.97 Å². The van der Waals surface area contributed by atoms with E-state index in [1.165, 1.54) is 6.20 Å². The van der Waals surface area contributed by atoms with E-state index in [-0.39, 0.29) is 5.69 Å². The van der Waals surface area contributed by atoms with Crippen LogP contribution in [-0.2, 0) is 6.42 Å². The third kappa shape index (κ3) is 2.82. The summed E-state index contributed by atoms with van der Waals surface area (Å²) in [6.45, 7) is 2.22. The molecule has 0 aliphatic heterocycles. The van der Waals surface area contributed by atoms with E-state index in [4.69, 9.17) is 9.63 Å². The smallest absolute Gasteiger partial charge is 0.356 e. The average Bonchev–Trinajstić information content (AvgIpc) is 2.75. The predicted molar refractivity (Wildman–Crippen MR) is 62.4 cm³/mol. The summed E-state index contributed by atoms with van der Waals surface area (Å²) in [6, 6.07) is 3.34. The molecule has 7 heteroatoms. The number of pyridine rings is 1. The standard InChI is InChI=1S/C11H12N4O3/c1-7-14-9(15-18-7)4-6-12-8-3-2-5-13-10(8)11(16)17/h2-3,5,12H,4,6H2,1H3,(H,16,17). The maximum atomic E-state index is 10.9. The molecule has 0 radical (unpaired) electrons. The first-order valence-corrected chi connectivity index (χ1v) is 5.38. The Morgan fingerprint density at radius 3 is 3.06 bits per heavy atom. The van der Waals surface area contributed by atoms with E-state index in [2.05, 4.69) is 20.4 Å². The van der Waals surface area contributed by atoms with Crippen molar-refractivity contribution in [2.75, 3.05) is 11.9 Å². The molecule has 0 unspecified atom stereocenters. The molecule has 0 saturated heterocycles. The number of aromatic nitrogens is 3. The van der Waals surface area contributed by atoms with Gasteiger partial charge in [0, 0.05) is 26.1 Å². The van der Waals surface area contributed by atoms with Crippen LogP contribution >= 0.6 is 0 Å². The molecule has 2 rings (SSSR count). The van der Waals surface area contributed by atoms with Crippen molar-refractivity contribution in [3.8, 4) is 0 Å². The van der Waals surface area contributed by atoms with Crippen LogP contribution in [0.3, 0.4) is 0 Å². The number of hydrogen-bond acceptors (Lipinski definition) is 6. The minimum atomic E-state index is -1.06. The second kappa shape index (κ2) is 5.26. The fourth-order valence-corrected chi connectivity index (χ4v) is 1.47. The summed E-state index contributed by atoms with van der Waals surface area (Å²) in [5, 5.41) is 15.7. The Morgan fingerprint density at radius 2 is 2.39 bits per heavy atom. The van der Waals surface area contributed by atoms with Crippen LogP contribution < -0.4 is 5.32 Å². The third-order valence-electron chi connectivity index (χ3n) is 2.24. The highest BCUT2D eigenvalue weighted by Crippen LogP contribution is 2.11. The second-order valence-electron chi connectivity index (χ2n) is 3.61. The van der Waals surface area contributed by atoms with Crippen molar-refractivity contribution >= 4 is 11.7 Å². The lowest BCUT2D eigenvalue weighted by Crippen LogP contribution is -2.11. The molecular weight excluding hydrogens is 236 g/mol. The van der Waals surface area contributed by atoms with Crippen LogP contribution in [-0.4, -0.2) is 32.7 Å². The van der Waals surface area contributed by atoms with Crippen LogP contribution in [0, 0.1) is 6.92 Å². The molecule has 0 saturated carbocycles. The van der Waals surface area contributed by atoms with Gasteiger partial charge in [-0.25, -0.2) is 9.78 Å². The summed E-state index contributed by atoms with van der Waals surface area (Å²) in [5.74, 6) is 0.0341. The largest absolute Gasteiger partial charge is 0.476 e. The van der Waals surface area contributed by atoms with Crippen molar-refractivity contribution in [1.82, 2.24) is 15.1 Å². The van der Waals surface area contributed by atoms with Gasteiger partial charge in [0.15, 0.2) is 11.5 Å². The van der Waals surface area contributed by atoms with E-state index in [1.54, 1.807) is 19.1 Å². The van der Waals surface area contributed by atoms with Gasteiger partial charge in [-0.2, -0.15) is 4.98 Å². The summed E-state index contributed by atoms with van der Waals surface area (Å²) in [5.41, 5.74) is 0.479. The number of carbonyl (C=O) groups is 1. The van der Waals surface area contributed by atoms with Gasteiger partial charge in [0.05, 0.1) is 5.69 Å². The highest BCUT2D eigenvalue weighted by molar-refractivity contribution is 5.91. The maximum Gasteiger partial charge on any atom is 0.356 e. The van der Waals surface area contributed by atoms with Crippen molar-refractivity contribution in [2.45, 2.75) is 13.3 Å². The fourth-order valence-electron chi connectivity index (χ4n) is 1.47. The van der Waals surface area contributed by atoms with Gasteiger partial charge in [0.25, 0.3) is 0 Å². The number of anilines is 1. The minimum absolute atomic E-state index is 0.00166. The molecule has 0 aliphatic carbocycles. The van der Waals surface area contributed by atoms with Gasteiger partial charge in [-0.3, -0.25) is 0 Å². The van der Waals surface area contributed by atoms with Crippen molar-refractivity contribution < 1.29 is 14.4 Å². The van der Waals surface area contributed by atoms with Crippen LogP contribution in [0.25, 0.3) is 0 Å². The fraction of sp³-hybridized carbons (Fsp3) is 0.273. The lowest BCUT2D eigenvalue weighted by molar-refractivity contribution is 0.0691. The lowest BCUT2D eigenvalue weighted by Gasteiger charge is -2.06. The highest BCUT2D eigenvalue weighted by atomic mass is 16.5. The molecule has 2 aromatic rings. The number of hydrogen-bond donors (Lipinski definition) is 2. The first-order chi connectivity index (χ1) is 8.66. The van der Waals surface area contributed by atoms with Crippen LogP contribution in [0.1, 0.15) is 22.2 Å². The molecule has 94 valence electrons. The van der Waals surface area contributed by atoms with E-state index in [1.807, 2.05) is 0 Å².